The van der Waals surface area contributed by atoms with Crippen LogP contribution in [0.1, 0.15) is 62.1 Å². The molecular weight excluding hydrogens is 376 g/mol. The minimum atomic E-state index is 0.706. The number of rotatable bonds is 10. The molecule has 0 unspecified atom stereocenters. The molecule has 3 rings (SSSR count). The highest BCUT2D eigenvalue weighted by Crippen LogP contribution is 2.28. The molecule has 0 spiro atoms. The minimum absolute atomic E-state index is 0.706. The van der Waals surface area contributed by atoms with E-state index in [1.807, 2.05) is 0 Å². The van der Waals surface area contributed by atoms with E-state index in [0.29, 0.717) is 5.92 Å². The Morgan fingerprint density at radius 3 is 2.03 bits per heavy atom. The van der Waals surface area contributed by atoms with Crippen molar-refractivity contribution in [3.8, 4) is 11.3 Å². The van der Waals surface area contributed by atoms with Gasteiger partial charge in [-0.15, -0.1) is 0 Å². The Labute approximate surface area is 189 Å². The predicted molar refractivity (Wildman–Crippen MR) is 133 cm³/mol. The van der Waals surface area contributed by atoms with E-state index in [9.17, 15) is 0 Å². The normalized spacial score (nSPS) is 11.5. The van der Waals surface area contributed by atoms with Crippen molar-refractivity contribution in [2.24, 2.45) is 5.92 Å². The van der Waals surface area contributed by atoms with Crippen molar-refractivity contribution in [2.75, 3.05) is 6.54 Å². The first kappa shape index (κ1) is 23.2. The van der Waals surface area contributed by atoms with Gasteiger partial charge in [0, 0.05) is 24.3 Å². The zero-order chi connectivity index (χ0) is 22.2. The molecular formula is C29H38N2. The Balaban J connectivity index is 1.85. The summed E-state index contributed by atoms with van der Waals surface area (Å²) in [5, 5.41) is 0. The first-order chi connectivity index (χ1) is 15.0. The second-order valence-electron chi connectivity index (χ2n) is 8.98. The minimum Gasteiger partial charge on any atom is -0.295 e. The summed E-state index contributed by atoms with van der Waals surface area (Å²) in [6, 6.07) is 22.0. The second-order valence-corrected chi connectivity index (χ2v) is 8.98. The van der Waals surface area contributed by atoms with E-state index in [1.54, 1.807) is 0 Å². The van der Waals surface area contributed by atoms with Gasteiger partial charge < -0.3 is 0 Å². The van der Waals surface area contributed by atoms with E-state index in [4.69, 9.17) is 4.98 Å². The van der Waals surface area contributed by atoms with Crippen molar-refractivity contribution >= 4 is 0 Å². The summed E-state index contributed by atoms with van der Waals surface area (Å²) in [5.41, 5.74) is 9.08. The van der Waals surface area contributed by atoms with Gasteiger partial charge in [0.2, 0.25) is 0 Å². The Morgan fingerprint density at radius 2 is 1.45 bits per heavy atom. The van der Waals surface area contributed by atoms with Gasteiger partial charge in [-0.2, -0.15) is 0 Å². The molecule has 0 amide bonds. The van der Waals surface area contributed by atoms with Crippen LogP contribution in [0.25, 0.3) is 11.3 Å². The summed E-state index contributed by atoms with van der Waals surface area (Å²) >= 11 is 0. The Bertz CT molecular complexity index is 937. The summed E-state index contributed by atoms with van der Waals surface area (Å²) < 4.78 is 0. The third-order valence-corrected chi connectivity index (χ3v) is 6.12. The van der Waals surface area contributed by atoms with Gasteiger partial charge in [-0.3, -0.25) is 9.88 Å². The average Bonchev–Trinajstić information content (AvgIpc) is 2.78. The molecule has 2 aromatic carbocycles. The van der Waals surface area contributed by atoms with E-state index < -0.39 is 0 Å². The molecule has 2 heteroatoms. The smallest absolute Gasteiger partial charge is 0.0710 e. The highest BCUT2D eigenvalue weighted by Gasteiger charge is 2.14. The lowest BCUT2D eigenvalue weighted by Crippen LogP contribution is -2.25. The number of hydrogen-bond donors (Lipinski definition) is 0. The van der Waals surface area contributed by atoms with E-state index in [0.717, 1.165) is 43.9 Å². The lowest BCUT2D eigenvalue weighted by atomic mass is 9.94. The largest absolute Gasteiger partial charge is 0.295 e. The molecule has 0 saturated heterocycles. The van der Waals surface area contributed by atoms with Crippen LogP contribution in [0.3, 0.4) is 0 Å². The number of benzene rings is 2. The average molecular weight is 415 g/mol. The summed E-state index contributed by atoms with van der Waals surface area (Å²) in [7, 11) is 0. The van der Waals surface area contributed by atoms with Crippen molar-refractivity contribution in [3.63, 3.8) is 0 Å². The van der Waals surface area contributed by atoms with Crippen molar-refractivity contribution in [1.29, 1.82) is 0 Å². The SMILES string of the molecule is CCc1cccc(CC)c1-c1ccc(CN(CCC(C)C)Cc2ccccc2)c(C)n1. The van der Waals surface area contributed by atoms with Gasteiger partial charge in [-0.05, 0) is 67.0 Å². The molecule has 3 aromatic rings. The highest BCUT2D eigenvalue weighted by atomic mass is 15.1. The standard InChI is InChI=1S/C29H38N2/c1-6-25-14-11-15-26(7-2)29(25)28-17-16-27(23(5)30-28)21-31(19-18-22(3)4)20-24-12-9-8-10-13-24/h8-17,22H,6-7,18-21H2,1-5H3. The first-order valence-electron chi connectivity index (χ1n) is 11.9. The number of pyridine rings is 1. The molecule has 0 aliphatic heterocycles. The van der Waals surface area contributed by atoms with Crippen LogP contribution >= 0.6 is 0 Å². The molecule has 0 saturated carbocycles. The fourth-order valence-corrected chi connectivity index (χ4v) is 4.21. The molecule has 0 aliphatic carbocycles. The highest BCUT2D eigenvalue weighted by molar-refractivity contribution is 5.68. The van der Waals surface area contributed by atoms with Gasteiger partial charge in [0.15, 0.2) is 0 Å². The molecule has 0 N–H and O–H groups in total. The molecule has 0 atom stereocenters. The number of nitrogens with zero attached hydrogens (tertiary/aromatic N) is 2. The van der Waals surface area contributed by atoms with Crippen molar-refractivity contribution in [2.45, 2.75) is 67.0 Å². The maximum Gasteiger partial charge on any atom is 0.0710 e. The van der Waals surface area contributed by atoms with Crippen LogP contribution in [0.4, 0.5) is 0 Å². The van der Waals surface area contributed by atoms with Gasteiger partial charge in [-0.25, -0.2) is 0 Å². The molecule has 2 nitrogen and oxygen atoms in total. The van der Waals surface area contributed by atoms with E-state index in [1.165, 1.54) is 34.2 Å². The Kier molecular flexibility index (Phi) is 8.43. The fraction of sp³-hybridized carbons (Fsp3) is 0.414. The molecule has 31 heavy (non-hydrogen) atoms. The zero-order valence-electron chi connectivity index (χ0n) is 20.0. The van der Waals surface area contributed by atoms with Gasteiger partial charge in [0.05, 0.1) is 5.69 Å². The molecule has 1 heterocycles. The third kappa shape index (κ3) is 6.27. The van der Waals surface area contributed by atoms with Crippen LogP contribution in [0.5, 0.6) is 0 Å². The van der Waals surface area contributed by atoms with Crippen molar-refractivity contribution < 1.29 is 0 Å². The van der Waals surface area contributed by atoms with E-state index in [-0.39, 0.29) is 0 Å². The van der Waals surface area contributed by atoms with Gasteiger partial charge in [0.25, 0.3) is 0 Å². The maximum atomic E-state index is 5.09. The fourth-order valence-electron chi connectivity index (χ4n) is 4.21. The van der Waals surface area contributed by atoms with Crippen molar-refractivity contribution in [3.05, 3.63) is 88.6 Å². The van der Waals surface area contributed by atoms with Crippen LogP contribution in [-0.2, 0) is 25.9 Å². The van der Waals surface area contributed by atoms with Crippen LogP contribution in [0.2, 0.25) is 0 Å². The Morgan fingerprint density at radius 1 is 0.774 bits per heavy atom. The summed E-state index contributed by atoms with van der Waals surface area (Å²) in [5.74, 6) is 0.706. The third-order valence-electron chi connectivity index (χ3n) is 6.12. The maximum absolute atomic E-state index is 5.09. The van der Waals surface area contributed by atoms with Crippen LogP contribution < -0.4 is 0 Å². The van der Waals surface area contributed by atoms with Gasteiger partial charge in [0.1, 0.15) is 0 Å². The number of aromatic nitrogens is 1. The molecule has 0 radical (unpaired) electrons. The van der Waals surface area contributed by atoms with Crippen LogP contribution in [-0.4, -0.2) is 16.4 Å². The first-order valence-corrected chi connectivity index (χ1v) is 11.9. The van der Waals surface area contributed by atoms with Crippen molar-refractivity contribution in [1.82, 2.24) is 9.88 Å². The molecule has 164 valence electrons. The van der Waals surface area contributed by atoms with Gasteiger partial charge >= 0.3 is 0 Å². The topological polar surface area (TPSA) is 16.1 Å². The monoisotopic (exact) mass is 414 g/mol. The predicted octanol–water partition coefficient (Wildman–Crippen LogP) is 7.23. The van der Waals surface area contributed by atoms with E-state index >= 15 is 0 Å². The zero-order valence-corrected chi connectivity index (χ0v) is 20.0. The molecule has 0 fully saturated rings. The Hall–Kier alpha value is -2.45. The number of hydrogen-bond acceptors (Lipinski definition) is 2. The second kappa shape index (κ2) is 11.2. The van der Waals surface area contributed by atoms with Crippen LogP contribution in [0, 0.1) is 12.8 Å². The summed E-state index contributed by atoms with van der Waals surface area (Å²) in [4.78, 5) is 7.66. The lowest BCUT2D eigenvalue weighted by Gasteiger charge is -2.24. The number of aryl methyl sites for hydroxylation is 3. The molecule has 0 aliphatic rings. The van der Waals surface area contributed by atoms with Gasteiger partial charge in [-0.1, -0.05) is 82.3 Å². The molecule has 0 bridgehead atoms. The molecule has 1 aromatic heterocycles. The van der Waals surface area contributed by atoms with E-state index in [2.05, 4.69) is 100 Å². The lowest BCUT2D eigenvalue weighted by molar-refractivity contribution is 0.240. The summed E-state index contributed by atoms with van der Waals surface area (Å²) in [6.45, 7) is 14.3. The van der Waals surface area contributed by atoms with Crippen LogP contribution in [0.15, 0.2) is 60.7 Å². The quantitative estimate of drug-likeness (QED) is 0.348. The summed E-state index contributed by atoms with van der Waals surface area (Å²) in [6.07, 6.45) is 3.28.